The highest BCUT2D eigenvalue weighted by molar-refractivity contribution is 7.16. The SMILES string of the molecule is CCCNc1nc(N2CCCC(C)C2C)c2ccsc2n1. The van der Waals surface area contributed by atoms with Crippen molar-refractivity contribution in [1.29, 1.82) is 0 Å². The van der Waals surface area contributed by atoms with E-state index in [0.717, 1.165) is 42.0 Å². The van der Waals surface area contributed by atoms with Gasteiger partial charge in [0.15, 0.2) is 0 Å². The van der Waals surface area contributed by atoms with Crippen LogP contribution in [-0.2, 0) is 0 Å². The number of piperidine rings is 1. The number of nitrogens with zero attached hydrogens (tertiary/aromatic N) is 3. The summed E-state index contributed by atoms with van der Waals surface area (Å²) < 4.78 is 0. The zero-order valence-corrected chi connectivity index (χ0v) is 13.9. The van der Waals surface area contributed by atoms with Crippen molar-refractivity contribution in [2.24, 2.45) is 5.92 Å². The van der Waals surface area contributed by atoms with Crippen LogP contribution in [0.2, 0.25) is 0 Å². The number of anilines is 2. The molecular formula is C16H24N4S. The van der Waals surface area contributed by atoms with E-state index < -0.39 is 0 Å². The van der Waals surface area contributed by atoms with E-state index in [4.69, 9.17) is 4.98 Å². The molecule has 2 atom stereocenters. The molecule has 4 nitrogen and oxygen atoms in total. The first-order valence-corrected chi connectivity index (χ1v) is 8.84. The summed E-state index contributed by atoms with van der Waals surface area (Å²) >= 11 is 1.70. The van der Waals surface area contributed by atoms with Gasteiger partial charge >= 0.3 is 0 Å². The Morgan fingerprint density at radius 1 is 1.38 bits per heavy atom. The van der Waals surface area contributed by atoms with Crippen molar-refractivity contribution in [2.75, 3.05) is 23.3 Å². The first kappa shape index (κ1) is 14.6. The van der Waals surface area contributed by atoms with Crippen LogP contribution in [0.5, 0.6) is 0 Å². The molecule has 1 saturated heterocycles. The summed E-state index contributed by atoms with van der Waals surface area (Å²) in [7, 11) is 0. The van der Waals surface area contributed by atoms with E-state index in [2.05, 4.69) is 47.4 Å². The van der Waals surface area contributed by atoms with Gasteiger partial charge in [-0.2, -0.15) is 4.98 Å². The van der Waals surface area contributed by atoms with Crippen molar-refractivity contribution < 1.29 is 0 Å². The predicted octanol–water partition coefficient (Wildman–Crippen LogP) is 4.14. The number of rotatable bonds is 4. The van der Waals surface area contributed by atoms with Crippen LogP contribution in [0.25, 0.3) is 10.2 Å². The zero-order valence-electron chi connectivity index (χ0n) is 13.1. The number of thiophene rings is 1. The van der Waals surface area contributed by atoms with Crippen molar-refractivity contribution in [3.05, 3.63) is 11.4 Å². The summed E-state index contributed by atoms with van der Waals surface area (Å²) in [6.07, 6.45) is 3.65. The van der Waals surface area contributed by atoms with Crippen molar-refractivity contribution in [2.45, 2.75) is 46.1 Å². The van der Waals surface area contributed by atoms with E-state index >= 15 is 0 Å². The summed E-state index contributed by atoms with van der Waals surface area (Å²) in [5, 5.41) is 6.65. The Balaban J connectivity index is 2.00. The molecule has 0 saturated carbocycles. The molecule has 2 aromatic heterocycles. The van der Waals surface area contributed by atoms with E-state index in [1.54, 1.807) is 11.3 Å². The van der Waals surface area contributed by atoms with Crippen LogP contribution in [0.15, 0.2) is 11.4 Å². The predicted molar refractivity (Wildman–Crippen MR) is 91.4 cm³/mol. The van der Waals surface area contributed by atoms with Crippen molar-refractivity contribution in [3.8, 4) is 0 Å². The fourth-order valence-electron chi connectivity index (χ4n) is 3.01. The van der Waals surface area contributed by atoms with Crippen molar-refractivity contribution in [3.63, 3.8) is 0 Å². The second kappa shape index (κ2) is 6.18. The maximum Gasteiger partial charge on any atom is 0.226 e. The molecule has 0 radical (unpaired) electrons. The van der Waals surface area contributed by atoms with Gasteiger partial charge in [0.05, 0.1) is 5.39 Å². The highest BCUT2D eigenvalue weighted by Gasteiger charge is 2.27. The molecule has 5 heteroatoms. The van der Waals surface area contributed by atoms with Crippen LogP contribution in [-0.4, -0.2) is 29.1 Å². The monoisotopic (exact) mass is 304 g/mol. The first-order valence-electron chi connectivity index (χ1n) is 7.96. The van der Waals surface area contributed by atoms with Gasteiger partial charge in [0.1, 0.15) is 10.6 Å². The molecule has 21 heavy (non-hydrogen) atoms. The van der Waals surface area contributed by atoms with Crippen LogP contribution < -0.4 is 10.2 Å². The molecule has 0 amide bonds. The minimum absolute atomic E-state index is 0.538. The van der Waals surface area contributed by atoms with Crippen LogP contribution in [0.3, 0.4) is 0 Å². The lowest BCUT2D eigenvalue weighted by molar-refractivity contribution is 0.362. The molecule has 1 aliphatic heterocycles. The smallest absolute Gasteiger partial charge is 0.226 e. The third-order valence-electron chi connectivity index (χ3n) is 4.48. The largest absolute Gasteiger partial charge is 0.354 e. The van der Waals surface area contributed by atoms with Crippen LogP contribution in [0.4, 0.5) is 11.8 Å². The molecule has 3 heterocycles. The maximum atomic E-state index is 4.83. The maximum absolute atomic E-state index is 4.83. The number of hydrogen-bond donors (Lipinski definition) is 1. The third kappa shape index (κ3) is 2.84. The molecule has 3 rings (SSSR count). The highest BCUT2D eigenvalue weighted by atomic mass is 32.1. The molecule has 0 aromatic carbocycles. The van der Waals surface area contributed by atoms with Crippen LogP contribution in [0.1, 0.15) is 40.0 Å². The van der Waals surface area contributed by atoms with E-state index in [1.165, 1.54) is 18.2 Å². The number of hydrogen-bond acceptors (Lipinski definition) is 5. The number of aromatic nitrogens is 2. The van der Waals surface area contributed by atoms with Crippen molar-refractivity contribution in [1.82, 2.24) is 9.97 Å². The Kier molecular flexibility index (Phi) is 4.29. The highest BCUT2D eigenvalue weighted by Crippen LogP contribution is 2.34. The van der Waals surface area contributed by atoms with Gasteiger partial charge in [-0.3, -0.25) is 0 Å². The summed E-state index contributed by atoms with van der Waals surface area (Å²) in [5.41, 5.74) is 0. The Hall–Kier alpha value is -1.36. The molecule has 114 valence electrons. The lowest BCUT2D eigenvalue weighted by atomic mass is 9.92. The quantitative estimate of drug-likeness (QED) is 0.921. The average molecular weight is 304 g/mol. The Bertz CT molecular complexity index is 609. The fraction of sp³-hybridized carbons (Fsp3) is 0.625. The van der Waals surface area contributed by atoms with Gasteiger partial charge in [0, 0.05) is 19.1 Å². The minimum atomic E-state index is 0.538. The molecule has 2 unspecified atom stereocenters. The van der Waals surface area contributed by atoms with Gasteiger partial charge in [0.25, 0.3) is 0 Å². The van der Waals surface area contributed by atoms with E-state index in [9.17, 15) is 0 Å². The molecule has 0 aliphatic carbocycles. The zero-order chi connectivity index (χ0) is 14.8. The minimum Gasteiger partial charge on any atom is -0.354 e. The summed E-state index contributed by atoms with van der Waals surface area (Å²) in [5.74, 6) is 2.60. The molecule has 1 aliphatic rings. The molecule has 1 fully saturated rings. The van der Waals surface area contributed by atoms with Crippen LogP contribution in [0, 0.1) is 5.92 Å². The summed E-state index contributed by atoms with van der Waals surface area (Å²) in [6.45, 7) is 8.84. The van der Waals surface area contributed by atoms with Gasteiger partial charge in [-0.05, 0) is 43.6 Å². The second-order valence-corrected chi connectivity index (χ2v) is 6.89. The first-order chi connectivity index (χ1) is 10.2. The fourth-order valence-corrected chi connectivity index (χ4v) is 3.77. The topological polar surface area (TPSA) is 41.1 Å². The lowest BCUT2D eigenvalue weighted by Gasteiger charge is -2.39. The third-order valence-corrected chi connectivity index (χ3v) is 5.29. The van der Waals surface area contributed by atoms with Crippen molar-refractivity contribution >= 4 is 33.3 Å². The number of fused-ring (bicyclic) bond motifs is 1. The molecule has 0 spiro atoms. The normalized spacial score (nSPS) is 22.7. The van der Waals surface area contributed by atoms with Gasteiger partial charge in [-0.15, -0.1) is 11.3 Å². The Morgan fingerprint density at radius 2 is 2.24 bits per heavy atom. The van der Waals surface area contributed by atoms with E-state index in [1.807, 2.05) is 0 Å². The Labute approximate surface area is 130 Å². The van der Waals surface area contributed by atoms with Gasteiger partial charge in [-0.25, -0.2) is 4.98 Å². The standard InChI is InChI=1S/C16H24N4S/c1-4-8-17-16-18-14(13-7-10-21-15(13)19-16)20-9-5-6-11(2)12(20)3/h7,10-12H,4-6,8-9H2,1-3H3,(H,17,18,19). The van der Waals surface area contributed by atoms with Gasteiger partial charge < -0.3 is 10.2 Å². The van der Waals surface area contributed by atoms with E-state index in [-0.39, 0.29) is 0 Å². The molecular weight excluding hydrogens is 280 g/mol. The van der Waals surface area contributed by atoms with E-state index in [0.29, 0.717) is 6.04 Å². The molecule has 1 N–H and O–H groups in total. The summed E-state index contributed by atoms with van der Waals surface area (Å²) in [6, 6.07) is 2.70. The van der Waals surface area contributed by atoms with Gasteiger partial charge in [-0.1, -0.05) is 13.8 Å². The van der Waals surface area contributed by atoms with Gasteiger partial charge in [0.2, 0.25) is 5.95 Å². The summed E-state index contributed by atoms with van der Waals surface area (Å²) in [4.78, 5) is 13.0. The van der Waals surface area contributed by atoms with Crippen LogP contribution >= 0.6 is 11.3 Å². The average Bonchev–Trinajstić information content (AvgIpc) is 2.95. The lowest BCUT2D eigenvalue weighted by Crippen LogP contribution is -2.43. The molecule has 2 aromatic rings. The molecule has 0 bridgehead atoms. The second-order valence-electron chi connectivity index (χ2n) is 5.99. The number of nitrogens with one attached hydrogen (secondary N) is 1. The Morgan fingerprint density at radius 3 is 3.05 bits per heavy atom.